The van der Waals surface area contributed by atoms with Crippen molar-refractivity contribution < 1.29 is 19.1 Å². The number of methoxy groups -OCH3 is 1. The smallest absolute Gasteiger partial charge is 0.321 e. The van der Waals surface area contributed by atoms with Crippen molar-refractivity contribution in [3.8, 4) is 5.75 Å². The predicted octanol–water partition coefficient (Wildman–Crippen LogP) is 1.58. The summed E-state index contributed by atoms with van der Waals surface area (Å²) in [6.45, 7) is 6.08. The molecule has 0 heterocycles. The Balaban J connectivity index is 2.51. The van der Waals surface area contributed by atoms with Crippen LogP contribution in [0.5, 0.6) is 5.75 Å². The minimum absolute atomic E-state index is 0.0169. The van der Waals surface area contributed by atoms with Crippen molar-refractivity contribution in [2.45, 2.75) is 33.2 Å². The van der Waals surface area contributed by atoms with Gasteiger partial charge >= 0.3 is 6.03 Å². The van der Waals surface area contributed by atoms with E-state index >= 15 is 0 Å². The average Bonchev–Trinajstić information content (AvgIpc) is 2.61. The van der Waals surface area contributed by atoms with Gasteiger partial charge in [-0.15, -0.1) is 0 Å². The quantitative estimate of drug-likeness (QED) is 0.618. The van der Waals surface area contributed by atoms with Crippen LogP contribution in [0.2, 0.25) is 0 Å². The maximum Gasteiger partial charge on any atom is 0.321 e. The molecule has 0 fully saturated rings. The summed E-state index contributed by atoms with van der Waals surface area (Å²) in [5.41, 5.74) is 0.563. The van der Waals surface area contributed by atoms with Crippen molar-refractivity contribution in [2.24, 2.45) is 0 Å². The Hall–Kier alpha value is -2.61. The predicted molar refractivity (Wildman–Crippen MR) is 100 cm³/mol. The van der Waals surface area contributed by atoms with Gasteiger partial charge in [0.05, 0.1) is 25.9 Å². The lowest BCUT2D eigenvalue weighted by Gasteiger charge is -2.20. The van der Waals surface area contributed by atoms with E-state index in [1.54, 1.807) is 23.1 Å². The molecule has 1 aromatic rings. The van der Waals surface area contributed by atoms with Crippen LogP contribution >= 0.6 is 0 Å². The fraction of sp³-hybridized carbons (Fsp3) is 0.500. The van der Waals surface area contributed by atoms with Crippen molar-refractivity contribution in [1.82, 2.24) is 15.5 Å². The molecule has 0 aromatic heterocycles. The maximum atomic E-state index is 12.2. The number of carbonyl (C=O) groups is 3. The summed E-state index contributed by atoms with van der Waals surface area (Å²) in [4.78, 5) is 37.5. The number of nitrogens with zero attached hydrogens (tertiary/aromatic N) is 1. The van der Waals surface area contributed by atoms with Gasteiger partial charge in [-0.25, -0.2) is 4.79 Å². The van der Waals surface area contributed by atoms with E-state index in [0.29, 0.717) is 18.0 Å². The zero-order valence-electron chi connectivity index (χ0n) is 15.8. The molecule has 8 heteroatoms. The summed E-state index contributed by atoms with van der Waals surface area (Å²) in [6, 6.07) is 6.53. The zero-order chi connectivity index (χ0) is 19.5. The Morgan fingerprint density at radius 1 is 1.12 bits per heavy atom. The monoisotopic (exact) mass is 364 g/mol. The summed E-state index contributed by atoms with van der Waals surface area (Å²) in [5, 5.41) is 7.68. The van der Waals surface area contributed by atoms with Crippen molar-refractivity contribution >= 4 is 23.5 Å². The Labute approximate surface area is 154 Å². The van der Waals surface area contributed by atoms with Gasteiger partial charge in [-0.1, -0.05) is 26.0 Å². The second-order valence-corrected chi connectivity index (χ2v) is 5.88. The van der Waals surface area contributed by atoms with Gasteiger partial charge in [0.1, 0.15) is 5.75 Å². The Bertz CT molecular complexity index is 621. The van der Waals surface area contributed by atoms with E-state index in [1.165, 1.54) is 7.11 Å². The number of hydrogen-bond donors (Lipinski definition) is 3. The van der Waals surface area contributed by atoms with E-state index in [2.05, 4.69) is 16.0 Å². The van der Waals surface area contributed by atoms with E-state index in [4.69, 9.17) is 4.74 Å². The summed E-state index contributed by atoms with van der Waals surface area (Å²) in [7, 11) is 1.53. The molecule has 3 N–H and O–H groups in total. The van der Waals surface area contributed by atoms with Crippen LogP contribution in [0, 0.1) is 0 Å². The number of urea groups is 1. The first-order chi connectivity index (χ1) is 12.4. The number of para-hydroxylation sites is 2. The lowest BCUT2D eigenvalue weighted by molar-refractivity contribution is -0.122. The molecule has 0 saturated heterocycles. The number of rotatable bonds is 9. The third-order valence-corrected chi connectivity index (χ3v) is 3.81. The van der Waals surface area contributed by atoms with Crippen molar-refractivity contribution in [3.05, 3.63) is 24.3 Å². The van der Waals surface area contributed by atoms with Gasteiger partial charge in [0.15, 0.2) is 0 Å². The van der Waals surface area contributed by atoms with Gasteiger partial charge in [-0.3, -0.25) is 19.8 Å². The number of carbonyl (C=O) groups excluding carboxylic acids is 3. The highest BCUT2D eigenvalue weighted by molar-refractivity contribution is 5.96. The third kappa shape index (κ3) is 7.52. The molecule has 144 valence electrons. The first kappa shape index (κ1) is 21.4. The number of benzene rings is 1. The molecule has 0 radical (unpaired) electrons. The minimum atomic E-state index is -0.529. The Morgan fingerprint density at radius 2 is 1.77 bits per heavy atom. The highest BCUT2D eigenvalue weighted by Crippen LogP contribution is 2.22. The summed E-state index contributed by atoms with van der Waals surface area (Å²) in [6.07, 6.45) is 0.770. The highest BCUT2D eigenvalue weighted by atomic mass is 16.5. The Kier molecular flexibility index (Phi) is 9.14. The maximum absolute atomic E-state index is 12.2. The number of hydrogen-bond acceptors (Lipinski definition) is 5. The molecule has 1 atom stereocenters. The largest absolute Gasteiger partial charge is 0.495 e. The van der Waals surface area contributed by atoms with Gasteiger partial charge in [-0.2, -0.15) is 0 Å². The van der Waals surface area contributed by atoms with E-state index in [-0.39, 0.29) is 25.0 Å². The first-order valence-corrected chi connectivity index (χ1v) is 8.65. The zero-order valence-corrected chi connectivity index (χ0v) is 15.8. The van der Waals surface area contributed by atoms with E-state index in [9.17, 15) is 14.4 Å². The number of likely N-dealkylation sites (N-methyl/N-ethyl adjacent to an activating group) is 1. The number of nitrogens with one attached hydrogen (secondary N) is 3. The Morgan fingerprint density at radius 3 is 2.38 bits per heavy atom. The minimum Gasteiger partial charge on any atom is -0.495 e. The molecular formula is C18H28N4O4. The number of amides is 4. The van der Waals surface area contributed by atoms with E-state index < -0.39 is 11.9 Å². The molecule has 1 aromatic carbocycles. The fourth-order valence-electron chi connectivity index (χ4n) is 2.15. The van der Waals surface area contributed by atoms with Crippen LogP contribution in [0.1, 0.15) is 27.2 Å². The van der Waals surface area contributed by atoms with Crippen molar-refractivity contribution in [2.75, 3.05) is 32.1 Å². The SMILES string of the molecule is CC[C@@H](C)NC(=O)NC(=O)CN(CC)CC(=O)Nc1ccccc1OC. The molecule has 0 saturated carbocycles. The van der Waals surface area contributed by atoms with E-state index in [1.807, 2.05) is 26.8 Å². The number of imide groups is 1. The fourth-order valence-corrected chi connectivity index (χ4v) is 2.15. The van der Waals surface area contributed by atoms with Crippen LogP contribution in [-0.2, 0) is 9.59 Å². The molecule has 0 aliphatic rings. The van der Waals surface area contributed by atoms with E-state index in [0.717, 1.165) is 6.42 Å². The topological polar surface area (TPSA) is 99.8 Å². The molecule has 0 aliphatic heterocycles. The van der Waals surface area contributed by atoms with Crippen LogP contribution in [0.4, 0.5) is 10.5 Å². The summed E-state index contributed by atoms with van der Waals surface area (Å²) < 4.78 is 5.19. The first-order valence-electron chi connectivity index (χ1n) is 8.65. The van der Waals surface area contributed by atoms with Gasteiger partial charge in [0.25, 0.3) is 0 Å². The van der Waals surface area contributed by atoms with Gasteiger partial charge in [0.2, 0.25) is 11.8 Å². The van der Waals surface area contributed by atoms with Crippen molar-refractivity contribution in [1.29, 1.82) is 0 Å². The molecule has 0 spiro atoms. The van der Waals surface area contributed by atoms with Crippen LogP contribution in [0.15, 0.2) is 24.3 Å². The highest BCUT2D eigenvalue weighted by Gasteiger charge is 2.16. The molecule has 8 nitrogen and oxygen atoms in total. The lowest BCUT2D eigenvalue weighted by Crippen LogP contribution is -2.47. The molecule has 4 amide bonds. The van der Waals surface area contributed by atoms with Crippen LogP contribution in [-0.4, -0.2) is 55.5 Å². The van der Waals surface area contributed by atoms with Gasteiger partial charge < -0.3 is 15.4 Å². The van der Waals surface area contributed by atoms with Gasteiger partial charge in [-0.05, 0) is 32.0 Å². The molecular weight excluding hydrogens is 336 g/mol. The van der Waals surface area contributed by atoms with Gasteiger partial charge in [0, 0.05) is 6.04 Å². The second-order valence-electron chi connectivity index (χ2n) is 5.88. The third-order valence-electron chi connectivity index (χ3n) is 3.81. The average molecular weight is 364 g/mol. The molecule has 0 unspecified atom stereocenters. The molecule has 1 rings (SSSR count). The standard InChI is InChI=1S/C18H28N4O4/c1-5-13(3)19-18(25)21-17(24)12-22(6-2)11-16(23)20-14-9-7-8-10-15(14)26-4/h7-10,13H,5-6,11-12H2,1-4H3,(H,20,23)(H2,19,21,24,25)/t13-/m1/s1. The molecule has 0 aliphatic carbocycles. The number of ether oxygens (including phenoxy) is 1. The normalized spacial score (nSPS) is 11.6. The van der Waals surface area contributed by atoms with Crippen LogP contribution in [0.3, 0.4) is 0 Å². The van der Waals surface area contributed by atoms with Crippen LogP contribution in [0.25, 0.3) is 0 Å². The second kappa shape index (κ2) is 11.1. The molecule has 26 heavy (non-hydrogen) atoms. The van der Waals surface area contributed by atoms with Crippen LogP contribution < -0.4 is 20.7 Å². The lowest BCUT2D eigenvalue weighted by atomic mass is 10.3. The summed E-state index contributed by atoms with van der Waals surface area (Å²) >= 11 is 0. The molecule has 0 bridgehead atoms. The van der Waals surface area contributed by atoms with Crippen molar-refractivity contribution in [3.63, 3.8) is 0 Å². The number of anilines is 1. The summed E-state index contributed by atoms with van der Waals surface area (Å²) in [5.74, 6) is -0.172.